The number of carbonyl (C=O) groups excluding carboxylic acids is 1. The smallest absolute Gasteiger partial charge is 0.221 e. The highest BCUT2D eigenvalue weighted by atomic mass is 127. The monoisotopic (exact) mass is 497 g/mol. The first kappa shape index (κ1) is 21.9. The molecular formula is C20H25FIN5O. The number of nitrogens with one attached hydrogen (secondary N) is 1. The minimum Gasteiger partial charge on any atom is -0.370 e. The first-order valence-electron chi connectivity index (χ1n) is 8.93. The summed E-state index contributed by atoms with van der Waals surface area (Å²) in [5.74, 6) is 0.184. The summed E-state index contributed by atoms with van der Waals surface area (Å²) in [5.41, 5.74) is 8.90. The number of nitrogens with zero attached hydrogens (tertiary/aromatic N) is 3. The minimum atomic E-state index is -0.226. The average molecular weight is 497 g/mol. The number of rotatable bonds is 4. The van der Waals surface area contributed by atoms with Crippen LogP contribution in [0.3, 0.4) is 0 Å². The van der Waals surface area contributed by atoms with Crippen molar-refractivity contribution in [3.05, 3.63) is 59.9 Å². The van der Waals surface area contributed by atoms with Gasteiger partial charge in [0.1, 0.15) is 5.82 Å². The van der Waals surface area contributed by atoms with Gasteiger partial charge in [0.05, 0.1) is 6.54 Å². The quantitative estimate of drug-likeness (QED) is 0.387. The Kier molecular flexibility index (Phi) is 8.04. The fourth-order valence-electron chi connectivity index (χ4n) is 3.07. The lowest BCUT2D eigenvalue weighted by Gasteiger charge is -2.36. The summed E-state index contributed by atoms with van der Waals surface area (Å²) < 4.78 is 13.1. The Morgan fingerprint density at radius 3 is 2.46 bits per heavy atom. The molecule has 150 valence electrons. The van der Waals surface area contributed by atoms with Crippen LogP contribution in [0.4, 0.5) is 15.8 Å². The maximum absolute atomic E-state index is 13.1. The lowest BCUT2D eigenvalue weighted by atomic mass is 10.2. The van der Waals surface area contributed by atoms with E-state index in [-0.39, 0.29) is 35.7 Å². The summed E-state index contributed by atoms with van der Waals surface area (Å²) in [6.07, 6.45) is 0. The van der Waals surface area contributed by atoms with Crippen LogP contribution in [0.5, 0.6) is 0 Å². The van der Waals surface area contributed by atoms with E-state index in [1.807, 2.05) is 24.3 Å². The molecule has 0 saturated carbocycles. The third kappa shape index (κ3) is 6.08. The van der Waals surface area contributed by atoms with E-state index in [0.717, 1.165) is 43.1 Å². The van der Waals surface area contributed by atoms with Gasteiger partial charge in [0.15, 0.2) is 5.96 Å². The molecule has 3 rings (SSSR count). The molecule has 3 N–H and O–H groups in total. The third-order valence-electron chi connectivity index (χ3n) is 4.47. The molecule has 1 saturated heterocycles. The third-order valence-corrected chi connectivity index (χ3v) is 4.47. The van der Waals surface area contributed by atoms with E-state index >= 15 is 0 Å². The fraction of sp³-hybridized carbons (Fsp3) is 0.300. The number of piperazine rings is 1. The van der Waals surface area contributed by atoms with Crippen LogP contribution in [0.15, 0.2) is 53.5 Å². The number of guanidine groups is 1. The van der Waals surface area contributed by atoms with Gasteiger partial charge in [0.25, 0.3) is 0 Å². The van der Waals surface area contributed by atoms with E-state index in [1.54, 1.807) is 12.1 Å². The van der Waals surface area contributed by atoms with Gasteiger partial charge in [-0.1, -0.05) is 12.1 Å². The molecule has 0 spiro atoms. The molecule has 8 heteroatoms. The Morgan fingerprint density at radius 2 is 1.82 bits per heavy atom. The number of hydrogen-bond donors (Lipinski definition) is 2. The SMILES string of the molecule is CC(=O)Nc1cccc(CN=C(N)N2CCN(c3ccc(F)cc3)CC2)c1.I. The summed E-state index contributed by atoms with van der Waals surface area (Å²) in [4.78, 5) is 19.9. The van der Waals surface area contributed by atoms with Crippen molar-refractivity contribution in [1.29, 1.82) is 0 Å². The Labute approximate surface area is 181 Å². The Balaban J connectivity index is 0.00000280. The first-order chi connectivity index (χ1) is 13.0. The molecule has 28 heavy (non-hydrogen) atoms. The maximum Gasteiger partial charge on any atom is 0.221 e. The number of nitrogens with two attached hydrogens (primary N) is 1. The number of amides is 1. The van der Waals surface area contributed by atoms with E-state index in [4.69, 9.17) is 5.73 Å². The number of benzene rings is 2. The van der Waals surface area contributed by atoms with E-state index in [2.05, 4.69) is 20.1 Å². The van der Waals surface area contributed by atoms with Crippen LogP contribution in [0.2, 0.25) is 0 Å². The van der Waals surface area contributed by atoms with E-state index in [0.29, 0.717) is 12.5 Å². The van der Waals surface area contributed by atoms with Gasteiger partial charge >= 0.3 is 0 Å². The lowest BCUT2D eigenvalue weighted by molar-refractivity contribution is -0.114. The molecule has 0 aromatic heterocycles. The molecule has 0 unspecified atom stereocenters. The predicted molar refractivity (Wildman–Crippen MR) is 122 cm³/mol. The summed E-state index contributed by atoms with van der Waals surface area (Å²) in [6.45, 7) is 5.07. The van der Waals surface area contributed by atoms with Crippen molar-refractivity contribution < 1.29 is 9.18 Å². The molecule has 1 aliphatic rings. The van der Waals surface area contributed by atoms with Crippen LogP contribution in [-0.2, 0) is 11.3 Å². The minimum absolute atomic E-state index is 0. The van der Waals surface area contributed by atoms with Crippen molar-refractivity contribution in [2.45, 2.75) is 13.5 Å². The Morgan fingerprint density at radius 1 is 1.14 bits per heavy atom. The van der Waals surface area contributed by atoms with Gasteiger partial charge in [-0.15, -0.1) is 24.0 Å². The number of halogens is 2. The standard InChI is InChI=1S/C20H24FN5O.HI/c1-15(27)24-18-4-2-3-16(13-18)14-23-20(22)26-11-9-25(10-12-26)19-7-5-17(21)6-8-19;/h2-8,13H,9-12,14H2,1H3,(H2,22,23)(H,24,27);1H. The maximum atomic E-state index is 13.1. The fourth-order valence-corrected chi connectivity index (χ4v) is 3.07. The largest absolute Gasteiger partial charge is 0.370 e. The van der Waals surface area contributed by atoms with Gasteiger partial charge in [-0.05, 0) is 42.0 Å². The van der Waals surface area contributed by atoms with Gasteiger partial charge in [0.2, 0.25) is 5.91 Å². The number of hydrogen-bond acceptors (Lipinski definition) is 3. The number of anilines is 2. The summed E-state index contributed by atoms with van der Waals surface area (Å²) in [7, 11) is 0. The van der Waals surface area contributed by atoms with Crippen molar-refractivity contribution in [2.75, 3.05) is 36.4 Å². The molecule has 2 aromatic rings. The molecule has 1 amide bonds. The number of carbonyl (C=O) groups is 1. The zero-order valence-corrected chi connectivity index (χ0v) is 18.1. The number of aliphatic imine (C=N–C) groups is 1. The van der Waals surface area contributed by atoms with Gasteiger partial charge in [-0.3, -0.25) is 4.79 Å². The van der Waals surface area contributed by atoms with Gasteiger partial charge in [-0.2, -0.15) is 0 Å². The van der Waals surface area contributed by atoms with Gasteiger partial charge in [-0.25, -0.2) is 9.38 Å². The van der Waals surface area contributed by atoms with Crippen molar-refractivity contribution >= 4 is 47.2 Å². The molecular weight excluding hydrogens is 472 g/mol. The highest BCUT2D eigenvalue weighted by Gasteiger charge is 2.18. The van der Waals surface area contributed by atoms with E-state index in [9.17, 15) is 9.18 Å². The van der Waals surface area contributed by atoms with Crippen LogP contribution >= 0.6 is 24.0 Å². The second-order valence-corrected chi connectivity index (χ2v) is 6.51. The molecule has 2 aromatic carbocycles. The molecule has 1 heterocycles. The van der Waals surface area contributed by atoms with Gasteiger partial charge in [0, 0.05) is 44.5 Å². The molecule has 0 radical (unpaired) electrons. The average Bonchev–Trinajstić information content (AvgIpc) is 2.67. The topological polar surface area (TPSA) is 74.0 Å². The van der Waals surface area contributed by atoms with Crippen molar-refractivity contribution in [3.63, 3.8) is 0 Å². The highest BCUT2D eigenvalue weighted by Crippen LogP contribution is 2.17. The van der Waals surface area contributed by atoms with Crippen LogP contribution in [-0.4, -0.2) is 42.9 Å². The zero-order chi connectivity index (χ0) is 19.2. The summed E-state index contributed by atoms with van der Waals surface area (Å²) >= 11 is 0. The van der Waals surface area contributed by atoms with Crippen molar-refractivity contribution in [3.8, 4) is 0 Å². The Bertz CT molecular complexity index is 820. The lowest BCUT2D eigenvalue weighted by Crippen LogP contribution is -2.51. The first-order valence-corrected chi connectivity index (χ1v) is 8.93. The van der Waals surface area contributed by atoms with Crippen molar-refractivity contribution in [2.24, 2.45) is 10.7 Å². The van der Waals surface area contributed by atoms with Gasteiger partial charge < -0.3 is 20.9 Å². The Hall–Kier alpha value is -2.36. The van der Waals surface area contributed by atoms with Crippen LogP contribution < -0.4 is 16.0 Å². The predicted octanol–water partition coefficient (Wildman–Crippen LogP) is 3.04. The van der Waals surface area contributed by atoms with Crippen LogP contribution in [0.1, 0.15) is 12.5 Å². The van der Waals surface area contributed by atoms with E-state index < -0.39 is 0 Å². The summed E-state index contributed by atoms with van der Waals surface area (Å²) in [5, 5.41) is 2.76. The van der Waals surface area contributed by atoms with Crippen LogP contribution in [0.25, 0.3) is 0 Å². The molecule has 0 atom stereocenters. The second-order valence-electron chi connectivity index (χ2n) is 6.51. The highest BCUT2D eigenvalue weighted by molar-refractivity contribution is 14.0. The molecule has 0 aliphatic carbocycles. The second kappa shape index (κ2) is 10.3. The molecule has 1 aliphatic heterocycles. The zero-order valence-electron chi connectivity index (χ0n) is 15.8. The van der Waals surface area contributed by atoms with Crippen LogP contribution in [0, 0.1) is 5.82 Å². The van der Waals surface area contributed by atoms with Crippen molar-refractivity contribution in [1.82, 2.24) is 4.90 Å². The van der Waals surface area contributed by atoms with E-state index in [1.165, 1.54) is 19.1 Å². The molecule has 0 bridgehead atoms. The summed E-state index contributed by atoms with van der Waals surface area (Å²) in [6, 6.07) is 14.1. The molecule has 1 fully saturated rings. The normalized spacial score (nSPS) is 14.4. The molecule has 6 nitrogen and oxygen atoms in total.